The zero-order valence-electron chi connectivity index (χ0n) is 10.2. The number of fused-ring (bicyclic) bond motifs is 1. The summed E-state index contributed by atoms with van der Waals surface area (Å²) in [5.74, 6) is 0.889. The van der Waals surface area contributed by atoms with Crippen LogP contribution in [0.4, 0.5) is 11.6 Å². The maximum absolute atomic E-state index is 6.21. The van der Waals surface area contributed by atoms with Crippen molar-refractivity contribution in [1.82, 2.24) is 15.2 Å². The summed E-state index contributed by atoms with van der Waals surface area (Å²) in [6, 6.07) is 5.74. The fourth-order valence-corrected chi connectivity index (χ4v) is 2.36. The minimum atomic E-state index is 0.418. The van der Waals surface area contributed by atoms with E-state index < -0.39 is 0 Å². The van der Waals surface area contributed by atoms with Crippen LogP contribution in [0.5, 0.6) is 0 Å². The third-order valence-corrected chi connectivity index (χ3v) is 3.31. The van der Waals surface area contributed by atoms with Crippen LogP contribution in [0.15, 0.2) is 24.4 Å². The Kier molecular flexibility index (Phi) is 2.57. The molecule has 5 nitrogen and oxygen atoms in total. The second kappa shape index (κ2) is 4.13. The second-order valence-corrected chi connectivity index (χ2v) is 4.84. The Balaban J connectivity index is 2.39. The van der Waals surface area contributed by atoms with Gasteiger partial charge in [0.15, 0.2) is 5.82 Å². The standard InChI is InChI=1S/C13H12ClN5/c1-6-2-8(7-4-11(15)17-5-10(7)14)12-9(3-6)13(16)19-18-12/h2-5H,1H3,(H2,15,17)(H3,16,18,19). The van der Waals surface area contributed by atoms with Crippen molar-refractivity contribution >= 4 is 34.1 Å². The molecule has 0 radical (unpaired) electrons. The average Bonchev–Trinajstić information content (AvgIpc) is 2.73. The predicted molar refractivity (Wildman–Crippen MR) is 77.9 cm³/mol. The summed E-state index contributed by atoms with van der Waals surface area (Å²) in [5, 5.41) is 8.38. The van der Waals surface area contributed by atoms with Gasteiger partial charge in [0.1, 0.15) is 5.82 Å². The van der Waals surface area contributed by atoms with Gasteiger partial charge in [0, 0.05) is 22.7 Å². The number of hydrogen-bond acceptors (Lipinski definition) is 4. The van der Waals surface area contributed by atoms with Crippen LogP contribution in [0.3, 0.4) is 0 Å². The summed E-state index contributed by atoms with van der Waals surface area (Å²) in [6.45, 7) is 1.99. The number of aryl methyl sites for hydroxylation is 1. The normalized spacial score (nSPS) is 11.1. The molecule has 0 bridgehead atoms. The Morgan fingerprint density at radius 2 is 1.95 bits per heavy atom. The van der Waals surface area contributed by atoms with Crippen molar-refractivity contribution in [1.29, 1.82) is 0 Å². The average molecular weight is 274 g/mol. The number of aromatic amines is 1. The fourth-order valence-electron chi connectivity index (χ4n) is 2.16. The lowest BCUT2D eigenvalue weighted by atomic mass is 10.0. The summed E-state index contributed by atoms with van der Waals surface area (Å²) >= 11 is 6.21. The summed E-state index contributed by atoms with van der Waals surface area (Å²) in [5.41, 5.74) is 15.2. The van der Waals surface area contributed by atoms with Crippen molar-refractivity contribution < 1.29 is 0 Å². The molecule has 0 amide bonds. The Hall–Kier alpha value is -2.27. The number of nitrogens with one attached hydrogen (secondary N) is 1. The first-order valence-corrected chi connectivity index (χ1v) is 6.09. The van der Waals surface area contributed by atoms with Crippen molar-refractivity contribution in [2.45, 2.75) is 6.92 Å². The molecule has 2 heterocycles. The summed E-state index contributed by atoms with van der Waals surface area (Å²) in [4.78, 5) is 3.97. The third kappa shape index (κ3) is 1.88. The zero-order chi connectivity index (χ0) is 13.6. The van der Waals surface area contributed by atoms with Gasteiger partial charge in [-0.1, -0.05) is 11.6 Å². The highest BCUT2D eigenvalue weighted by atomic mass is 35.5. The van der Waals surface area contributed by atoms with Gasteiger partial charge < -0.3 is 11.5 Å². The van der Waals surface area contributed by atoms with Crippen LogP contribution in [0.2, 0.25) is 5.02 Å². The Morgan fingerprint density at radius 1 is 1.16 bits per heavy atom. The molecular formula is C13H12ClN5. The van der Waals surface area contributed by atoms with Crippen molar-refractivity contribution in [2.24, 2.45) is 0 Å². The molecule has 3 rings (SSSR count). The monoisotopic (exact) mass is 273 g/mol. The lowest BCUT2D eigenvalue weighted by Gasteiger charge is -2.08. The molecule has 0 aliphatic heterocycles. The number of nitrogens with two attached hydrogens (primary N) is 2. The van der Waals surface area contributed by atoms with Gasteiger partial charge in [-0.15, -0.1) is 0 Å². The van der Waals surface area contributed by atoms with Crippen LogP contribution in [-0.4, -0.2) is 15.2 Å². The highest BCUT2D eigenvalue weighted by Gasteiger charge is 2.13. The van der Waals surface area contributed by atoms with Crippen LogP contribution in [0.1, 0.15) is 5.56 Å². The molecule has 0 unspecified atom stereocenters. The number of anilines is 2. The fraction of sp³-hybridized carbons (Fsp3) is 0.0769. The summed E-state index contributed by atoms with van der Waals surface area (Å²) in [7, 11) is 0. The van der Waals surface area contributed by atoms with Gasteiger partial charge >= 0.3 is 0 Å². The Labute approximate surface area is 114 Å². The van der Waals surface area contributed by atoms with Gasteiger partial charge in [0.2, 0.25) is 0 Å². The SMILES string of the molecule is Cc1cc(-c2cc(N)ncc2Cl)c2[nH]nc(N)c2c1. The van der Waals surface area contributed by atoms with E-state index in [-0.39, 0.29) is 0 Å². The molecule has 0 aliphatic carbocycles. The number of nitrogens with zero attached hydrogens (tertiary/aromatic N) is 2. The van der Waals surface area contributed by atoms with E-state index >= 15 is 0 Å². The van der Waals surface area contributed by atoms with Crippen LogP contribution >= 0.6 is 11.6 Å². The molecule has 0 aliphatic rings. The van der Waals surface area contributed by atoms with Gasteiger partial charge in [-0.05, 0) is 30.7 Å². The van der Waals surface area contributed by atoms with E-state index in [1.807, 2.05) is 19.1 Å². The summed E-state index contributed by atoms with van der Waals surface area (Å²) < 4.78 is 0. The van der Waals surface area contributed by atoms with E-state index in [2.05, 4.69) is 15.2 Å². The van der Waals surface area contributed by atoms with E-state index in [0.29, 0.717) is 16.7 Å². The minimum absolute atomic E-state index is 0.418. The molecule has 0 saturated heterocycles. The number of rotatable bonds is 1. The largest absolute Gasteiger partial charge is 0.384 e. The smallest absolute Gasteiger partial charge is 0.153 e. The molecule has 96 valence electrons. The van der Waals surface area contributed by atoms with Crippen LogP contribution in [0.25, 0.3) is 22.0 Å². The molecule has 2 aromatic heterocycles. The van der Waals surface area contributed by atoms with Crippen molar-refractivity contribution in [2.75, 3.05) is 11.5 Å². The van der Waals surface area contributed by atoms with Crippen molar-refractivity contribution in [3.63, 3.8) is 0 Å². The van der Waals surface area contributed by atoms with Crippen LogP contribution in [0, 0.1) is 6.92 Å². The highest BCUT2D eigenvalue weighted by Crippen LogP contribution is 2.35. The quantitative estimate of drug-likeness (QED) is 0.635. The molecule has 19 heavy (non-hydrogen) atoms. The number of aromatic nitrogens is 3. The van der Waals surface area contributed by atoms with E-state index in [1.54, 1.807) is 12.3 Å². The lowest BCUT2D eigenvalue weighted by molar-refractivity contribution is 1.13. The Bertz CT molecular complexity index is 778. The number of benzene rings is 1. The molecule has 3 aromatic rings. The molecule has 0 spiro atoms. The van der Waals surface area contributed by atoms with Gasteiger partial charge in [-0.3, -0.25) is 5.10 Å². The number of nitrogen functional groups attached to an aromatic ring is 2. The van der Waals surface area contributed by atoms with E-state index in [1.165, 1.54) is 0 Å². The molecule has 0 atom stereocenters. The van der Waals surface area contributed by atoms with Crippen molar-refractivity contribution in [3.05, 3.63) is 35.0 Å². The minimum Gasteiger partial charge on any atom is -0.384 e. The van der Waals surface area contributed by atoms with Crippen molar-refractivity contribution in [3.8, 4) is 11.1 Å². The molecular weight excluding hydrogens is 262 g/mol. The molecule has 1 aromatic carbocycles. The number of hydrogen-bond donors (Lipinski definition) is 3. The molecule has 0 saturated carbocycles. The Morgan fingerprint density at radius 3 is 2.74 bits per heavy atom. The summed E-state index contributed by atoms with van der Waals surface area (Å²) in [6.07, 6.45) is 1.54. The maximum atomic E-state index is 6.21. The van der Waals surface area contributed by atoms with Gasteiger partial charge in [0.25, 0.3) is 0 Å². The van der Waals surface area contributed by atoms with E-state index in [9.17, 15) is 0 Å². The predicted octanol–water partition coefficient (Wildman–Crippen LogP) is 2.75. The topological polar surface area (TPSA) is 93.6 Å². The number of halogens is 1. The molecule has 6 heteroatoms. The van der Waals surface area contributed by atoms with Crippen LogP contribution in [-0.2, 0) is 0 Å². The first kappa shape index (κ1) is 11.8. The number of pyridine rings is 1. The molecule has 0 fully saturated rings. The first-order chi connectivity index (χ1) is 9.06. The highest BCUT2D eigenvalue weighted by molar-refractivity contribution is 6.33. The zero-order valence-corrected chi connectivity index (χ0v) is 11.0. The van der Waals surface area contributed by atoms with Gasteiger partial charge in [-0.25, -0.2) is 4.98 Å². The third-order valence-electron chi connectivity index (χ3n) is 3.01. The van der Waals surface area contributed by atoms with E-state index in [0.717, 1.165) is 27.6 Å². The molecule has 5 N–H and O–H groups in total. The second-order valence-electron chi connectivity index (χ2n) is 4.43. The maximum Gasteiger partial charge on any atom is 0.153 e. The lowest BCUT2D eigenvalue weighted by Crippen LogP contribution is -1.92. The first-order valence-electron chi connectivity index (χ1n) is 5.72. The van der Waals surface area contributed by atoms with Gasteiger partial charge in [0.05, 0.1) is 10.5 Å². The van der Waals surface area contributed by atoms with Gasteiger partial charge in [-0.2, -0.15) is 5.10 Å². The van der Waals surface area contributed by atoms with Crippen LogP contribution < -0.4 is 11.5 Å². The van der Waals surface area contributed by atoms with E-state index in [4.69, 9.17) is 23.1 Å². The number of H-pyrrole nitrogens is 1.